The normalized spacial score (nSPS) is 9.95. The van der Waals surface area contributed by atoms with E-state index in [-0.39, 0.29) is 4.88 Å². The third-order valence-electron chi connectivity index (χ3n) is 2.65. The van der Waals surface area contributed by atoms with Crippen molar-refractivity contribution in [2.24, 2.45) is 0 Å². The molecule has 0 aliphatic heterocycles. The van der Waals surface area contributed by atoms with E-state index in [1.165, 1.54) is 0 Å². The molecule has 6 heteroatoms. The van der Waals surface area contributed by atoms with Crippen molar-refractivity contribution in [1.29, 1.82) is 5.26 Å². The Bertz CT molecular complexity index is 656. The Labute approximate surface area is 114 Å². The molecular formula is C13H11N3O2S. The SMILES string of the molecule is Cc1nc(N(C)c2ccc(C#N)cc2)sc1C(=O)O. The number of anilines is 2. The van der Waals surface area contributed by atoms with Crippen LogP contribution in [0.4, 0.5) is 10.8 Å². The first kappa shape index (κ1) is 13.1. The van der Waals surface area contributed by atoms with E-state index >= 15 is 0 Å². The molecule has 2 aromatic rings. The van der Waals surface area contributed by atoms with Crippen LogP contribution in [0.1, 0.15) is 20.9 Å². The standard InChI is InChI=1S/C13H11N3O2S/c1-8-11(12(17)18)19-13(15-8)16(2)10-5-3-9(7-14)4-6-10/h3-6H,1-2H3,(H,17,18). The van der Waals surface area contributed by atoms with Gasteiger partial charge in [0.1, 0.15) is 4.88 Å². The van der Waals surface area contributed by atoms with E-state index in [1.807, 2.05) is 7.05 Å². The molecule has 0 saturated carbocycles. The average molecular weight is 273 g/mol. The molecule has 0 bridgehead atoms. The van der Waals surface area contributed by atoms with Crippen molar-refractivity contribution in [3.8, 4) is 6.07 Å². The van der Waals surface area contributed by atoms with Gasteiger partial charge < -0.3 is 10.0 Å². The number of hydrogen-bond donors (Lipinski definition) is 1. The Hall–Kier alpha value is -2.39. The van der Waals surface area contributed by atoms with Crippen molar-refractivity contribution in [3.05, 3.63) is 40.4 Å². The van der Waals surface area contributed by atoms with Crippen LogP contribution in [0.2, 0.25) is 0 Å². The van der Waals surface area contributed by atoms with E-state index in [4.69, 9.17) is 10.4 Å². The minimum atomic E-state index is -0.963. The summed E-state index contributed by atoms with van der Waals surface area (Å²) in [4.78, 5) is 17.3. The van der Waals surface area contributed by atoms with Gasteiger partial charge in [-0.2, -0.15) is 5.26 Å². The molecule has 1 N–H and O–H groups in total. The highest BCUT2D eigenvalue weighted by Crippen LogP contribution is 2.30. The van der Waals surface area contributed by atoms with Gasteiger partial charge in [-0.3, -0.25) is 0 Å². The van der Waals surface area contributed by atoms with Gasteiger partial charge in [0, 0.05) is 12.7 Å². The van der Waals surface area contributed by atoms with Crippen molar-refractivity contribution < 1.29 is 9.90 Å². The number of rotatable bonds is 3. The van der Waals surface area contributed by atoms with E-state index in [2.05, 4.69) is 11.1 Å². The molecule has 0 spiro atoms. The van der Waals surface area contributed by atoms with Crippen LogP contribution in [0, 0.1) is 18.3 Å². The topological polar surface area (TPSA) is 77.2 Å². The van der Waals surface area contributed by atoms with Crippen LogP contribution < -0.4 is 4.90 Å². The second-order valence-electron chi connectivity index (χ2n) is 3.93. The van der Waals surface area contributed by atoms with Gasteiger partial charge in [0.15, 0.2) is 5.13 Å². The molecule has 0 fully saturated rings. The molecule has 1 aromatic heterocycles. The number of nitrogens with zero attached hydrogens (tertiary/aromatic N) is 3. The van der Waals surface area contributed by atoms with Gasteiger partial charge >= 0.3 is 5.97 Å². The number of aromatic carboxylic acids is 1. The lowest BCUT2D eigenvalue weighted by Crippen LogP contribution is -2.08. The predicted molar refractivity (Wildman–Crippen MR) is 73.0 cm³/mol. The van der Waals surface area contributed by atoms with Crippen LogP contribution >= 0.6 is 11.3 Å². The van der Waals surface area contributed by atoms with Gasteiger partial charge in [-0.05, 0) is 31.2 Å². The summed E-state index contributed by atoms with van der Waals surface area (Å²) in [6.45, 7) is 1.68. The fourth-order valence-electron chi connectivity index (χ4n) is 1.59. The van der Waals surface area contributed by atoms with Crippen molar-refractivity contribution in [3.63, 3.8) is 0 Å². The highest BCUT2D eigenvalue weighted by atomic mass is 32.1. The molecule has 2 rings (SSSR count). The maximum Gasteiger partial charge on any atom is 0.347 e. The molecule has 0 radical (unpaired) electrons. The van der Waals surface area contributed by atoms with Crippen molar-refractivity contribution in [2.45, 2.75) is 6.92 Å². The first-order valence-corrected chi connectivity index (χ1v) is 6.29. The Morgan fingerprint density at radius 2 is 2.05 bits per heavy atom. The molecule has 5 nitrogen and oxygen atoms in total. The lowest BCUT2D eigenvalue weighted by atomic mass is 10.2. The largest absolute Gasteiger partial charge is 0.477 e. The number of nitriles is 1. The maximum atomic E-state index is 11.0. The molecule has 1 aromatic carbocycles. The predicted octanol–water partition coefficient (Wildman–Crippen LogP) is 2.79. The molecule has 0 aliphatic carbocycles. The summed E-state index contributed by atoms with van der Waals surface area (Å²) in [7, 11) is 1.81. The van der Waals surface area contributed by atoms with Gasteiger partial charge in [-0.25, -0.2) is 9.78 Å². The zero-order valence-corrected chi connectivity index (χ0v) is 11.2. The molecule has 19 heavy (non-hydrogen) atoms. The lowest BCUT2D eigenvalue weighted by molar-refractivity contribution is 0.0701. The fourth-order valence-corrected chi connectivity index (χ4v) is 2.48. The number of carboxylic acids is 1. The summed E-state index contributed by atoms with van der Waals surface area (Å²) in [5, 5.41) is 18.4. The summed E-state index contributed by atoms with van der Waals surface area (Å²) >= 11 is 1.13. The highest BCUT2D eigenvalue weighted by molar-refractivity contribution is 7.17. The summed E-state index contributed by atoms with van der Waals surface area (Å²) < 4.78 is 0. The second kappa shape index (κ2) is 5.08. The first-order chi connectivity index (χ1) is 9.02. The van der Waals surface area contributed by atoms with Crippen LogP contribution in [0.25, 0.3) is 0 Å². The van der Waals surface area contributed by atoms with Crippen molar-refractivity contribution in [1.82, 2.24) is 4.98 Å². The van der Waals surface area contributed by atoms with Crippen molar-refractivity contribution in [2.75, 3.05) is 11.9 Å². The Morgan fingerprint density at radius 3 is 2.53 bits per heavy atom. The van der Waals surface area contributed by atoms with Crippen LogP contribution in [0.15, 0.2) is 24.3 Å². The quantitative estimate of drug-likeness (QED) is 0.930. The average Bonchev–Trinajstić information content (AvgIpc) is 2.80. The minimum Gasteiger partial charge on any atom is -0.477 e. The molecule has 0 amide bonds. The van der Waals surface area contributed by atoms with Gasteiger partial charge in [0.25, 0.3) is 0 Å². The molecule has 1 heterocycles. The number of carbonyl (C=O) groups is 1. The number of hydrogen-bond acceptors (Lipinski definition) is 5. The van der Waals surface area contributed by atoms with E-state index in [0.29, 0.717) is 16.4 Å². The van der Waals surface area contributed by atoms with Crippen LogP contribution in [-0.4, -0.2) is 23.1 Å². The molecule has 0 saturated heterocycles. The molecule has 0 unspecified atom stereocenters. The van der Waals surface area contributed by atoms with Crippen LogP contribution in [0.5, 0.6) is 0 Å². The zero-order chi connectivity index (χ0) is 14.0. The Balaban J connectivity index is 2.33. The van der Waals surface area contributed by atoms with Crippen LogP contribution in [0.3, 0.4) is 0 Å². The highest BCUT2D eigenvalue weighted by Gasteiger charge is 2.17. The summed E-state index contributed by atoms with van der Waals surface area (Å²) in [6, 6.07) is 9.08. The zero-order valence-electron chi connectivity index (χ0n) is 10.4. The lowest BCUT2D eigenvalue weighted by Gasteiger charge is -2.15. The smallest absolute Gasteiger partial charge is 0.347 e. The number of benzene rings is 1. The monoisotopic (exact) mass is 273 g/mol. The maximum absolute atomic E-state index is 11.0. The van der Waals surface area contributed by atoms with E-state index in [9.17, 15) is 4.79 Å². The van der Waals surface area contributed by atoms with Gasteiger partial charge in [-0.15, -0.1) is 0 Å². The molecular weight excluding hydrogens is 262 g/mol. The number of thiazole rings is 1. The van der Waals surface area contributed by atoms with Crippen LogP contribution in [-0.2, 0) is 0 Å². The van der Waals surface area contributed by atoms with Gasteiger partial charge in [0.2, 0.25) is 0 Å². The van der Waals surface area contributed by atoms with E-state index in [0.717, 1.165) is 17.0 Å². The number of aromatic nitrogens is 1. The summed E-state index contributed by atoms with van der Waals surface area (Å²) in [6.07, 6.45) is 0. The molecule has 0 aliphatic rings. The van der Waals surface area contributed by atoms with Gasteiger partial charge in [-0.1, -0.05) is 11.3 Å². The molecule has 0 atom stereocenters. The fraction of sp³-hybridized carbons (Fsp3) is 0.154. The Morgan fingerprint density at radius 1 is 1.42 bits per heavy atom. The van der Waals surface area contributed by atoms with Gasteiger partial charge in [0.05, 0.1) is 17.3 Å². The van der Waals surface area contributed by atoms with E-state index in [1.54, 1.807) is 36.1 Å². The third kappa shape index (κ3) is 2.56. The number of carboxylic acid groups (broad SMARTS) is 1. The van der Waals surface area contributed by atoms with E-state index < -0.39 is 5.97 Å². The molecule has 96 valence electrons. The minimum absolute atomic E-state index is 0.246. The first-order valence-electron chi connectivity index (χ1n) is 5.47. The van der Waals surface area contributed by atoms with Crippen molar-refractivity contribution >= 4 is 28.1 Å². The summed E-state index contributed by atoms with van der Waals surface area (Å²) in [5.74, 6) is -0.963. The number of aryl methyl sites for hydroxylation is 1. The summed E-state index contributed by atoms with van der Waals surface area (Å²) in [5.41, 5.74) is 1.94. The Kier molecular flexibility index (Phi) is 3.49. The second-order valence-corrected chi connectivity index (χ2v) is 4.91. The third-order valence-corrected chi connectivity index (χ3v) is 3.87.